The van der Waals surface area contributed by atoms with E-state index in [1.54, 1.807) is 0 Å². The first-order valence-corrected chi connectivity index (χ1v) is 8.29. The van der Waals surface area contributed by atoms with Crippen molar-refractivity contribution < 1.29 is 4.79 Å². The lowest BCUT2D eigenvalue weighted by Gasteiger charge is -2.41. The fourth-order valence-corrected chi connectivity index (χ4v) is 4.78. The highest BCUT2D eigenvalue weighted by molar-refractivity contribution is 6.05. The van der Waals surface area contributed by atoms with Gasteiger partial charge in [-0.25, -0.2) is 0 Å². The summed E-state index contributed by atoms with van der Waals surface area (Å²) in [5.74, 6) is 0.792. The predicted molar refractivity (Wildman–Crippen MR) is 83.6 cm³/mol. The lowest BCUT2D eigenvalue weighted by Crippen LogP contribution is -2.52. The summed E-state index contributed by atoms with van der Waals surface area (Å²) < 4.78 is 0. The molecule has 3 aliphatic heterocycles. The van der Waals surface area contributed by atoms with E-state index in [2.05, 4.69) is 20.0 Å². The minimum atomic E-state index is 0.130. The summed E-state index contributed by atoms with van der Waals surface area (Å²) in [5.41, 5.74) is 1.55. The van der Waals surface area contributed by atoms with Gasteiger partial charge in [-0.1, -0.05) is 18.2 Å². The lowest BCUT2D eigenvalue weighted by atomic mass is 9.93. The van der Waals surface area contributed by atoms with E-state index in [0.717, 1.165) is 36.8 Å². The SMILES string of the molecule is O=C(c1n[nH]c2ccccc12)N1C2CCN3CCC1C(C2)C3. The van der Waals surface area contributed by atoms with Crippen LogP contribution in [0.3, 0.4) is 0 Å². The summed E-state index contributed by atoms with van der Waals surface area (Å²) in [6.07, 6.45) is 3.41. The Morgan fingerprint density at radius 3 is 3.05 bits per heavy atom. The van der Waals surface area contributed by atoms with Crippen molar-refractivity contribution in [2.75, 3.05) is 19.6 Å². The van der Waals surface area contributed by atoms with E-state index >= 15 is 0 Å². The molecule has 0 radical (unpaired) electrons. The largest absolute Gasteiger partial charge is 0.331 e. The van der Waals surface area contributed by atoms with Crippen LogP contribution in [0.2, 0.25) is 0 Å². The number of H-pyrrole nitrogens is 1. The maximum absolute atomic E-state index is 13.2. The third kappa shape index (κ3) is 1.69. The molecule has 5 nitrogen and oxygen atoms in total. The number of piperidine rings is 1. The number of aromatic nitrogens is 2. The number of benzene rings is 1. The fourth-order valence-electron chi connectivity index (χ4n) is 4.78. The molecule has 0 aliphatic carbocycles. The minimum Gasteiger partial charge on any atom is -0.331 e. The molecular weight excluding hydrogens is 276 g/mol. The summed E-state index contributed by atoms with van der Waals surface area (Å²) >= 11 is 0. The van der Waals surface area contributed by atoms with Crippen LogP contribution in [0.4, 0.5) is 0 Å². The molecule has 1 aromatic heterocycles. The number of likely N-dealkylation sites (tertiary alicyclic amines) is 1. The van der Waals surface area contributed by atoms with E-state index in [4.69, 9.17) is 0 Å². The van der Waals surface area contributed by atoms with Gasteiger partial charge in [-0.05, 0) is 31.2 Å². The normalized spacial score (nSPS) is 33.4. The second-order valence-electron chi connectivity index (χ2n) is 6.93. The summed E-state index contributed by atoms with van der Waals surface area (Å²) in [6.45, 7) is 3.45. The second kappa shape index (κ2) is 4.56. The Balaban J connectivity index is 1.55. The summed E-state index contributed by atoms with van der Waals surface area (Å²) in [6, 6.07) is 8.74. The third-order valence-corrected chi connectivity index (χ3v) is 5.79. The molecule has 2 aromatic rings. The van der Waals surface area contributed by atoms with Crippen LogP contribution in [-0.4, -0.2) is 57.6 Å². The Morgan fingerprint density at radius 1 is 1.23 bits per heavy atom. The van der Waals surface area contributed by atoms with Gasteiger partial charge in [0.15, 0.2) is 5.69 Å². The first kappa shape index (κ1) is 12.6. The molecule has 3 bridgehead atoms. The molecule has 0 spiro atoms. The standard InChI is InChI=1S/C17H20N4O/c22-17(16-13-3-1-2-4-14(13)18-19-16)21-12-5-7-20-8-6-15(21)11(9-12)10-20/h1-4,11-12,15H,5-10H2,(H,18,19). The number of carbonyl (C=O) groups is 1. The zero-order chi connectivity index (χ0) is 14.7. The molecule has 5 heteroatoms. The number of para-hydroxylation sites is 1. The van der Waals surface area contributed by atoms with Gasteiger partial charge in [0, 0.05) is 37.1 Å². The van der Waals surface area contributed by atoms with Gasteiger partial charge in [-0.15, -0.1) is 0 Å². The molecule has 4 atom stereocenters. The van der Waals surface area contributed by atoms with Crippen molar-refractivity contribution in [1.82, 2.24) is 20.0 Å². The average Bonchev–Trinajstić information content (AvgIpc) is 3.06. The van der Waals surface area contributed by atoms with Crippen molar-refractivity contribution >= 4 is 16.8 Å². The van der Waals surface area contributed by atoms with Crippen LogP contribution in [0.5, 0.6) is 0 Å². The van der Waals surface area contributed by atoms with E-state index in [1.807, 2.05) is 24.3 Å². The van der Waals surface area contributed by atoms with Crippen LogP contribution < -0.4 is 0 Å². The van der Waals surface area contributed by atoms with E-state index < -0.39 is 0 Å². The third-order valence-electron chi connectivity index (χ3n) is 5.79. The molecule has 5 rings (SSSR count). The van der Waals surface area contributed by atoms with Gasteiger partial charge in [0.25, 0.3) is 5.91 Å². The topological polar surface area (TPSA) is 52.2 Å². The predicted octanol–water partition coefficient (Wildman–Crippen LogP) is 1.87. The molecule has 22 heavy (non-hydrogen) atoms. The van der Waals surface area contributed by atoms with E-state index in [0.29, 0.717) is 23.7 Å². The number of carbonyl (C=O) groups excluding carboxylic acids is 1. The Hall–Kier alpha value is -1.88. The number of fused-ring (bicyclic) bond motifs is 3. The van der Waals surface area contributed by atoms with Crippen LogP contribution in [0.15, 0.2) is 24.3 Å². The Bertz CT molecular complexity index is 739. The number of rotatable bonds is 1. The Kier molecular flexibility index (Phi) is 2.62. The highest BCUT2D eigenvalue weighted by atomic mass is 16.2. The van der Waals surface area contributed by atoms with Gasteiger partial charge < -0.3 is 9.80 Å². The molecule has 3 fully saturated rings. The number of hydrogen-bond donors (Lipinski definition) is 1. The maximum atomic E-state index is 13.2. The number of hydrogen-bond acceptors (Lipinski definition) is 3. The van der Waals surface area contributed by atoms with Crippen LogP contribution in [0, 0.1) is 5.92 Å². The van der Waals surface area contributed by atoms with Crippen LogP contribution >= 0.6 is 0 Å². The molecule has 114 valence electrons. The van der Waals surface area contributed by atoms with Gasteiger partial charge in [-0.3, -0.25) is 9.89 Å². The summed E-state index contributed by atoms with van der Waals surface area (Å²) in [7, 11) is 0. The zero-order valence-electron chi connectivity index (χ0n) is 12.5. The summed E-state index contributed by atoms with van der Waals surface area (Å²) in [5, 5.41) is 8.28. The van der Waals surface area contributed by atoms with E-state index in [-0.39, 0.29) is 5.91 Å². The Morgan fingerprint density at radius 2 is 2.09 bits per heavy atom. The first-order valence-electron chi connectivity index (χ1n) is 8.29. The monoisotopic (exact) mass is 296 g/mol. The van der Waals surface area contributed by atoms with Crippen molar-refractivity contribution in [1.29, 1.82) is 0 Å². The molecule has 1 N–H and O–H groups in total. The molecule has 3 saturated heterocycles. The van der Waals surface area contributed by atoms with Crippen molar-refractivity contribution in [3.05, 3.63) is 30.0 Å². The maximum Gasteiger partial charge on any atom is 0.275 e. The van der Waals surface area contributed by atoms with Gasteiger partial charge in [0.1, 0.15) is 0 Å². The molecule has 4 unspecified atom stereocenters. The quantitative estimate of drug-likeness (QED) is 0.874. The van der Waals surface area contributed by atoms with E-state index in [1.165, 1.54) is 13.0 Å². The number of aromatic amines is 1. The Labute approximate surface area is 129 Å². The highest BCUT2D eigenvalue weighted by Gasteiger charge is 2.48. The minimum absolute atomic E-state index is 0.130. The van der Waals surface area contributed by atoms with E-state index in [9.17, 15) is 4.79 Å². The van der Waals surface area contributed by atoms with Crippen molar-refractivity contribution in [2.45, 2.75) is 31.3 Å². The van der Waals surface area contributed by atoms with Gasteiger partial charge >= 0.3 is 0 Å². The highest BCUT2D eigenvalue weighted by Crippen LogP contribution is 2.40. The lowest BCUT2D eigenvalue weighted by molar-refractivity contribution is 0.0443. The summed E-state index contributed by atoms with van der Waals surface area (Å²) in [4.78, 5) is 18.0. The molecular formula is C17H20N4O. The van der Waals surface area contributed by atoms with Gasteiger partial charge in [0.05, 0.1) is 5.52 Å². The zero-order valence-corrected chi connectivity index (χ0v) is 12.5. The smallest absolute Gasteiger partial charge is 0.275 e. The van der Waals surface area contributed by atoms with Gasteiger partial charge in [-0.2, -0.15) is 5.10 Å². The van der Waals surface area contributed by atoms with Crippen molar-refractivity contribution in [2.24, 2.45) is 5.92 Å². The second-order valence-corrected chi connectivity index (χ2v) is 6.93. The fraction of sp³-hybridized carbons (Fsp3) is 0.529. The van der Waals surface area contributed by atoms with Gasteiger partial charge in [0.2, 0.25) is 0 Å². The number of amides is 1. The molecule has 1 aromatic carbocycles. The molecule has 0 saturated carbocycles. The molecule has 1 amide bonds. The first-order chi connectivity index (χ1) is 10.8. The number of nitrogens with zero attached hydrogens (tertiary/aromatic N) is 3. The molecule has 4 heterocycles. The van der Waals surface area contributed by atoms with Crippen molar-refractivity contribution in [3.8, 4) is 0 Å². The average molecular weight is 296 g/mol. The molecule has 3 aliphatic rings. The van der Waals surface area contributed by atoms with Crippen LogP contribution in [-0.2, 0) is 0 Å². The van der Waals surface area contributed by atoms with Crippen LogP contribution in [0.25, 0.3) is 10.9 Å². The number of nitrogens with one attached hydrogen (secondary N) is 1. The van der Waals surface area contributed by atoms with Crippen molar-refractivity contribution in [3.63, 3.8) is 0 Å². The van der Waals surface area contributed by atoms with Crippen LogP contribution in [0.1, 0.15) is 29.8 Å².